The Morgan fingerprint density at radius 2 is 1.96 bits per heavy atom. The molecule has 1 aromatic heterocycles. The number of halogens is 3. The van der Waals surface area contributed by atoms with E-state index >= 15 is 0 Å². The van der Waals surface area contributed by atoms with E-state index in [1.165, 1.54) is 6.07 Å². The minimum Gasteiger partial charge on any atom is -0.348 e. The van der Waals surface area contributed by atoms with Crippen molar-refractivity contribution >= 4 is 16.7 Å². The molecule has 2 N–H and O–H groups in total. The molecule has 1 aliphatic carbocycles. The lowest BCUT2D eigenvalue weighted by atomic mass is 9.85. The Hall–Kier alpha value is -2.31. The summed E-state index contributed by atoms with van der Waals surface area (Å²) < 4.78 is 38.5. The number of alkyl halides is 3. The summed E-state index contributed by atoms with van der Waals surface area (Å²) in [5, 5.41) is 3.70. The zero-order chi connectivity index (χ0) is 17.3. The second-order valence-corrected chi connectivity index (χ2v) is 6.17. The molecule has 2 atom stereocenters. The van der Waals surface area contributed by atoms with Gasteiger partial charge in [0.25, 0.3) is 11.5 Å². The smallest absolute Gasteiger partial charge is 0.348 e. The fourth-order valence-electron chi connectivity index (χ4n) is 3.21. The van der Waals surface area contributed by atoms with Crippen molar-refractivity contribution in [2.45, 2.75) is 37.9 Å². The molecule has 0 aliphatic heterocycles. The SMILES string of the molecule is O=C(NC1CCCC(C(F)(F)F)C1)c1cc2ccccc2c(=O)[nH]1. The molecule has 1 aliphatic rings. The van der Waals surface area contributed by atoms with Gasteiger partial charge in [-0.1, -0.05) is 24.6 Å². The van der Waals surface area contributed by atoms with Crippen LogP contribution in [0.5, 0.6) is 0 Å². The third-order valence-corrected chi connectivity index (χ3v) is 4.47. The maximum Gasteiger partial charge on any atom is 0.391 e. The summed E-state index contributed by atoms with van der Waals surface area (Å²) in [6.07, 6.45) is -3.32. The summed E-state index contributed by atoms with van der Waals surface area (Å²) >= 11 is 0. The van der Waals surface area contributed by atoms with E-state index in [9.17, 15) is 22.8 Å². The number of H-pyrrole nitrogens is 1. The standard InChI is InChI=1S/C17H17F3N2O2/c18-17(19,20)11-5-3-6-12(9-11)21-16(24)14-8-10-4-1-2-7-13(10)15(23)22-14/h1-2,4,7-8,11-12H,3,5-6,9H2,(H,21,24)(H,22,23). The molecule has 1 aromatic carbocycles. The average Bonchev–Trinajstić information content (AvgIpc) is 2.54. The van der Waals surface area contributed by atoms with Crippen LogP contribution in [0.15, 0.2) is 35.1 Å². The summed E-state index contributed by atoms with van der Waals surface area (Å²) in [6, 6.07) is 7.82. The number of pyridine rings is 1. The topological polar surface area (TPSA) is 62.0 Å². The number of nitrogens with one attached hydrogen (secondary N) is 2. The van der Waals surface area contributed by atoms with Crippen LogP contribution in [0.4, 0.5) is 13.2 Å². The molecule has 0 radical (unpaired) electrons. The number of fused-ring (bicyclic) bond motifs is 1. The van der Waals surface area contributed by atoms with Crippen molar-refractivity contribution in [2.24, 2.45) is 5.92 Å². The summed E-state index contributed by atoms with van der Waals surface area (Å²) in [6.45, 7) is 0. The maximum absolute atomic E-state index is 12.8. The Labute approximate surface area is 136 Å². The predicted molar refractivity (Wildman–Crippen MR) is 83.8 cm³/mol. The lowest BCUT2D eigenvalue weighted by Crippen LogP contribution is -2.42. The number of carbonyl (C=O) groups is 1. The van der Waals surface area contributed by atoms with Gasteiger partial charge in [-0.25, -0.2) is 0 Å². The Kier molecular flexibility index (Phi) is 4.34. The summed E-state index contributed by atoms with van der Waals surface area (Å²) in [7, 11) is 0. The molecule has 0 bridgehead atoms. The first-order valence-electron chi connectivity index (χ1n) is 7.84. The van der Waals surface area contributed by atoms with Crippen molar-refractivity contribution in [3.05, 3.63) is 46.4 Å². The molecule has 2 aromatic rings. The van der Waals surface area contributed by atoms with E-state index in [1.807, 2.05) is 0 Å². The van der Waals surface area contributed by atoms with E-state index < -0.39 is 29.6 Å². The van der Waals surface area contributed by atoms with Crippen molar-refractivity contribution in [2.75, 3.05) is 0 Å². The second-order valence-electron chi connectivity index (χ2n) is 6.17. The van der Waals surface area contributed by atoms with Crippen LogP contribution in [0.25, 0.3) is 10.8 Å². The van der Waals surface area contributed by atoms with Gasteiger partial charge in [-0.15, -0.1) is 0 Å². The number of aromatic amines is 1. The predicted octanol–water partition coefficient (Wildman–Crippen LogP) is 3.38. The first-order chi connectivity index (χ1) is 11.3. The molecular formula is C17H17F3N2O2. The number of rotatable bonds is 2. The van der Waals surface area contributed by atoms with Gasteiger partial charge in [0.05, 0.1) is 5.92 Å². The first-order valence-corrected chi connectivity index (χ1v) is 7.84. The van der Waals surface area contributed by atoms with Crippen LogP contribution >= 0.6 is 0 Å². The Morgan fingerprint density at radius 1 is 1.21 bits per heavy atom. The van der Waals surface area contributed by atoms with Crippen LogP contribution in [0.2, 0.25) is 0 Å². The lowest BCUT2D eigenvalue weighted by molar-refractivity contribution is -0.183. The Morgan fingerprint density at radius 3 is 2.71 bits per heavy atom. The van der Waals surface area contributed by atoms with E-state index in [0.29, 0.717) is 23.6 Å². The van der Waals surface area contributed by atoms with Crippen LogP contribution in [-0.2, 0) is 0 Å². The molecule has 0 saturated heterocycles. The third-order valence-electron chi connectivity index (χ3n) is 4.47. The molecule has 1 fully saturated rings. The van der Waals surface area contributed by atoms with Gasteiger partial charge in [-0.3, -0.25) is 9.59 Å². The summed E-state index contributed by atoms with van der Waals surface area (Å²) in [4.78, 5) is 26.8. The second kappa shape index (κ2) is 6.30. The lowest BCUT2D eigenvalue weighted by Gasteiger charge is -2.31. The summed E-state index contributed by atoms with van der Waals surface area (Å²) in [5.74, 6) is -1.93. The maximum atomic E-state index is 12.8. The van der Waals surface area contributed by atoms with Gasteiger partial charge in [0.15, 0.2) is 0 Å². The minimum atomic E-state index is -4.24. The normalized spacial score (nSPS) is 21.6. The monoisotopic (exact) mass is 338 g/mol. The number of hydrogen-bond donors (Lipinski definition) is 2. The van der Waals surface area contributed by atoms with Crippen molar-refractivity contribution in [1.82, 2.24) is 10.3 Å². The third kappa shape index (κ3) is 3.44. The van der Waals surface area contributed by atoms with Crippen molar-refractivity contribution < 1.29 is 18.0 Å². The van der Waals surface area contributed by atoms with Gasteiger partial charge in [-0.05, 0) is 36.8 Å². The van der Waals surface area contributed by atoms with E-state index in [2.05, 4.69) is 10.3 Å². The van der Waals surface area contributed by atoms with Gasteiger partial charge < -0.3 is 10.3 Å². The van der Waals surface area contributed by atoms with E-state index in [4.69, 9.17) is 0 Å². The zero-order valence-electron chi connectivity index (χ0n) is 12.8. The molecule has 2 unspecified atom stereocenters. The largest absolute Gasteiger partial charge is 0.391 e. The number of aromatic nitrogens is 1. The average molecular weight is 338 g/mol. The Bertz CT molecular complexity index is 813. The van der Waals surface area contributed by atoms with Gasteiger partial charge in [-0.2, -0.15) is 13.2 Å². The van der Waals surface area contributed by atoms with Crippen molar-refractivity contribution in [3.8, 4) is 0 Å². The van der Waals surface area contributed by atoms with Crippen LogP contribution in [0, 0.1) is 5.92 Å². The molecule has 7 heteroatoms. The summed E-state index contributed by atoms with van der Waals surface area (Å²) in [5.41, 5.74) is -0.331. The van der Waals surface area contributed by atoms with Crippen LogP contribution < -0.4 is 10.9 Å². The number of carbonyl (C=O) groups excluding carboxylic acids is 1. The molecule has 24 heavy (non-hydrogen) atoms. The van der Waals surface area contributed by atoms with Crippen LogP contribution in [-0.4, -0.2) is 23.1 Å². The number of benzene rings is 1. The van der Waals surface area contributed by atoms with E-state index in [1.54, 1.807) is 24.3 Å². The number of amides is 1. The quantitative estimate of drug-likeness (QED) is 0.882. The van der Waals surface area contributed by atoms with Gasteiger partial charge in [0.2, 0.25) is 0 Å². The molecular weight excluding hydrogens is 321 g/mol. The van der Waals surface area contributed by atoms with Crippen molar-refractivity contribution in [3.63, 3.8) is 0 Å². The molecule has 4 nitrogen and oxygen atoms in total. The van der Waals surface area contributed by atoms with Gasteiger partial charge in [0, 0.05) is 11.4 Å². The van der Waals surface area contributed by atoms with Gasteiger partial charge >= 0.3 is 6.18 Å². The zero-order valence-corrected chi connectivity index (χ0v) is 12.8. The fourth-order valence-corrected chi connectivity index (χ4v) is 3.21. The molecule has 128 valence electrons. The van der Waals surface area contributed by atoms with Crippen LogP contribution in [0.1, 0.15) is 36.2 Å². The highest BCUT2D eigenvalue weighted by Gasteiger charge is 2.42. The molecule has 1 saturated carbocycles. The van der Waals surface area contributed by atoms with Crippen LogP contribution in [0.3, 0.4) is 0 Å². The fraction of sp³-hybridized carbons (Fsp3) is 0.412. The first kappa shape index (κ1) is 16.5. The molecule has 3 rings (SSSR count). The van der Waals surface area contributed by atoms with E-state index in [-0.39, 0.29) is 18.5 Å². The van der Waals surface area contributed by atoms with Gasteiger partial charge in [0.1, 0.15) is 5.69 Å². The highest BCUT2D eigenvalue weighted by atomic mass is 19.4. The number of hydrogen-bond acceptors (Lipinski definition) is 2. The van der Waals surface area contributed by atoms with E-state index in [0.717, 1.165) is 0 Å². The molecule has 0 spiro atoms. The molecule has 1 amide bonds. The highest BCUT2D eigenvalue weighted by molar-refractivity contribution is 5.96. The Balaban J connectivity index is 1.77. The molecule has 1 heterocycles. The van der Waals surface area contributed by atoms with Crippen molar-refractivity contribution in [1.29, 1.82) is 0 Å². The highest BCUT2D eigenvalue weighted by Crippen LogP contribution is 2.37. The minimum absolute atomic E-state index is 0.0628.